The van der Waals surface area contributed by atoms with Crippen molar-refractivity contribution in [2.75, 3.05) is 32.5 Å². The number of halogens is 3. The summed E-state index contributed by atoms with van der Waals surface area (Å²) in [4.78, 5) is 36.0. The number of rotatable bonds is 5. The zero-order chi connectivity index (χ0) is 23.9. The van der Waals surface area contributed by atoms with Gasteiger partial charge in [-0.3, -0.25) is 9.59 Å². The van der Waals surface area contributed by atoms with Crippen LogP contribution >= 0.6 is 23.2 Å². The van der Waals surface area contributed by atoms with E-state index in [0.29, 0.717) is 40.9 Å². The van der Waals surface area contributed by atoms with Crippen molar-refractivity contribution < 1.29 is 9.18 Å². The molecular weight excluding hydrogens is 468 g/mol. The Bertz CT molecular complexity index is 1290. The van der Waals surface area contributed by atoms with Crippen molar-refractivity contribution in [2.24, 2.45) is 0 Å². The third kappa shape index (κ3) is 4.83. The van der Waals surface area contributed by atoms with Crippen molar-refractivity contribution in [3.8, 4) is 0 Å². The number of anilines is 1. The van der Waals surface area contributed by atoms with Crippen LogP contribution in [0.3, 0.4) is 0 Å². The number of carbonyl (C=O) groups excluding carboxylic acids is 1. The van der Waals surface area contributed by atoms with E-state index in [9.17, 15) is 14.0 Å². The molecule has 1 aliphatic rings. The Balaban J connectivity index is 1.53. The van der Waals surface area contributed by atoms with E-state index in [0.717, 1.165) is 17.2 Å². The quantitative estimate of drug-likeness (QED) is 0.563. The van der Waals surface area contributed by atoms with E-state index in [1.54, 1.807) is 11.0 Å². The van der Waals surface area contributed by atoms with Crippen LogP contribution in [0.4, 0.5) is 10.1 Å². The molecule has 2 heterocycles. The molecule has 10 heteroatoms. The van der Waals surface area contributed by atoms with Crippen LogP contribution in [0.2, 0.25) is 10.0 Å². The summed E-state index contributed by atoms with van der Waals surface area (Å²) < 4.78 is 14.7. The van der Waals surface area contributed by atoms with Crippen LogP contribution in [0.25, 0.3) is 10.9 Å². The molecule has 1 aromatic heterocycles. The number of hydrogen-bond donors (Lipinski definition) is 2. The Morgan fingerprint density at radius 2 is 2.06 bits per heavy atom. The minimum Gasteiger partial charge on any atom is -0.374 e. The summed E-state index contributed by atoms with van der Waals surface area (Å²) in [6.07, 6.45) is 0.636. The van der Waals surface area contributed by atoms with Crippen molar-refractivity contribution in [1.82, 2.24) is 19.8 Å². The van der Waals surface area contributed by atoms with E-state index in [4.69, 9.17) is 23.2 Å². The summed E-state index contributed by atoms with van der Waals surface area (Å²) in [7, 11) is 3.71. The molecule has 0 radical (unpaired) electrons. The standard InChI is InChI=1S/C23H24Cl2FN5O2/c1-12-22-13(6-14(24)7-16(22)25)4-5-31(12)21(32)10-27-19-9-18-15(8-17(19)26)23(33)29-20(28-18)11-30(2)3/h6-9,12,27H,4-5,10-11H2,1-3H3,(H,28,29,33). The number of benzene rings is 2. The molecule has 174 valence electrons. The Morgan fingerprint density at radius 3 is 2.79 bits per heavy atom. The van der Waals surface area contributed by atoms with Gasteiger partial charge in [-0.05, 0) is 62.8 Å². The molecule has 7 nitrogen and oxygen atoms in total. The van der Waals surface area contributed by atoms with Crippen molar-refractivity contribution in [2.45, 2.75) is 25.9 Å². The second-order valence-electron chi connectivity index (χ2n) is 8.43. The second-order valence-corrected chi connectivity index (χ2v) is 9.27. The third-order valence-electron chi connectivity index (χ3n) is 5.75. The van der Waals surface area contributed by atoms with E-state index in [2.05, 4.69) is 15.3 Å². The fraction of sp³-hybridized carbons (Fsp3) is 0.348. The van der Waals surface area contributed by atoms with Crippen LogP contribution in [0.15, 0.2) is 29.1 Å². The summed E-state index contributed by atoms with van der Waals surface area (Å²) in [5, 5.41) is 4.12. The summed E-state index contributed by atoms with van der Waals surface area (Å²) in [6.45, 7) is 2.75. The third-order valence-corrected chi connectivity index (χ3v) is 6.28. The molecule has 2 aromatic carbocycles. The molecule has 0 aliphatic carbocycles. The highest BCUT2D eigenvalue weighted by Gasteiger charge is 2.29. The van der Waals surface area contributed by atoms with E-state index in [-0.39, 0.29) is 29.6 Å². The van der Waals surface area contributed by atoms with Gasteiger partial charge in [0.2, 0.25) is 5.91 Å². The van der Waals surface area contributed by atoms with E-state index >= 15 is 0 Å². The zero-order valence-corrected chi connectivity index (χ0v) is 20.0. The molecule has 33 heavy (non-hydrogen) atoms. The average molecular weight is 492 g/mol. The largest absolute Gasteiger partial charge is 0.374 e. The molecule has 0 spiro atoms. The monoisotopic (exact) mass is 491 g/mol. The van der Waals surface area contributed by atoms with Crippen LogP contribution < -0.4 is 10.9 Å². The first kappa shape index (κ1) is 23.5. The lowest BCUT2D eigenvalue weighted by Gasteiger charge is -2.36. The smallest absolute Gasteiger partial charge is 0.258 e. The van der Waals surface area contributed by atoms with Crippen molar-refractivity contribution >= 4 is 45.7 Å². The maximum absolute atomic E-state index is 14.7. The number of aromatic nitrogens is 2. The highest BCUT2D eigenvalue weighted by atomic mass is 35.5. The lowest BCUT2D eigenvalue weighted by molar-refractivity contribution is -0.131. The summed E-state index contributed by atoms with van der Waals surface area (Å²) in [5.74, 6) is -0.340. The molecule has 1 atom stereocenters. The first-order valence-corrected chi connectivity index (χ1v) is 11.3. The van der Waals surface area contributed by atoms with Gasteiger partial charge < -0.3 is 20.1 Å². The SMILES string of the molecule is CC1c2c(Cl)cc(Cl)cc2CCN1C(=O)CNc1cc2nc(CN(C)C)[nH]c(=O)c2cc1F. The normalized spacial score (nSPS) is 15.7. The predicted octanol–water partition coefficient (Wildman–Crippen LogP) is 3.99. The first-order valence-electron chi connectivity index (χ1n) is 10.5. The number of H-pyrrole nitrogens is 1. The van der Waals surface area contributed by atoms with Gasteiger partial charge in [-0.2, -0.15) is 0 Å². The van der Waals surface area contributed by atoms with E-state index < -0.39 is 11.4 Å². The Morgan fingerprint density at radius 1 is 1.30 bits per heavy atom. The van der Waals surface area contributed by atoms with Gasteiger partial charge in [0.15, 0.2) is 0 Å². The van der Waals surface area contributed by atoms with Gasteiger partial charge in [-0.1, -0.05) is 23.2 Å². The average Bonchev–Trinajstić information content (AvgIpc) is 2.72. The number of hydrogen-bond acceptors (Lipinski definition) is 5. The maximum Gasteiger partial charge on any atom is 0.258 e. The molecule has 0 fully saturated rings. The van der Waals surface area contributed by atoms with Crippen molar-refractivity contribution in [3.63, 3.8) is 0 Å². The van der Waals surface area contributed by atoms with Gasteiger partial charge in [-0.15, -0.1) is 0 Å². The lowest BCUT2D eigenvalue weighted by atomic mass is 9.93. The molecule has 1 unspecified atom stereocenters. The Kier molecular flexibility index (Phi) is 6.61. The fourth-order valence-electron chi connectivity index (χ4n) is 4.23. The number of nitrogens with one attached hydrogen (secondary N) is 2. The molecule has 3 aromatic rings. The molecule has 0 bridgehead atoms. The van der Waals surface area contributed by atoms with Gasteiger partial charge >= 0.3 is 0 Å². The highest BCUT2D eigenvalue weighted by Crippen LogP contribution is 2.37. The predicted molar refractivity (Wildman–Crippen MR) is 128 cm³/mol. The highest BCUT2D eigenvalue weighted by molar-refractivity contribution is 6.35. The van der Waals surface area contributed by atoms with Gasteiger partial charge in [-0.25, -0.2) is 9.37 Å². The molecule has 0 saturated carbocycles. The van der Waals surface area contributed by atoms with Gasteiger partial charge in [0.1, 0.15) is 11.6 Å². The van der Waals surface area contributed by atoms with Crippen molar-refractivity contribution in [3.05, 3.63) is 67.4 Å². The van der Waals surface area contributed by atoms with Gasteiger partial charge in [0.05, 0.1) is 35.7 Å². The minimum absolute atomic E-state index is 0.110. The minimum atomic E-state index is -0.627. The van der Waals surface area contributed by atoms with Crippen LogP contribution in [0.5, 0.6) is 0 Å². The number of fused-ring (bicyclic) bond motifs is 2. The number of aromatic amines is 1. The summed E-state index contributed by atoms with van der Waals surface area (Å²) >= 11 is 12.5. The molecule has 1 amide bonds. The molecule has 0 saturated heterocycles. The molecule has 2 N–H and O–H groups in total. The fourth-order valence-corrected chi connectivity index (χ4v) is 4.93. The number of nitrogens with zero attached hydrogens (tertiary/aromatic N) is 3. The molecule has 4 rings (SSSR count). The van der Waals surface area contributed by atoms with Crippen LogP contribution in [0, 0.1) is 5.82 Å². The Labute approximate surface area is 200 Å². The number of carbonyl (C=O) groups is 1. The summed E-state index contributed by atoms with van der Waals surface area (Å²) in [6, 6.07) is 5.91. The maximum atomic E-state index is 14.7. The second kappa shape index (κ2) is 9.29. The van der Waals surface area contributed by atoms with Crippen LogP contribution in [0.1, 0.15) is 29.9 Å². The molecular formula is C23H24Cl2FN5O2. The van der Waals surface area contributed by atoms with E-state index in [1.807, 2.05) is 32.0 Å². The van der Waals surface area contributed by atoms with Gasteiger partial charge in [0.25, 0.3) is 5.56 Å². The van der Waals surface area contributed by atoms with Crippen LogP contribution in [-0.2, 0) is 17.8 Å². The van der Waals surface area contributed by atoms with Gasteiger partial charge in [0, 0.05) is 16.6 Å². The molecule has 1 aliphatic heterocycles. The lowest BCUT2D eigenvalue weighted by Crippen LogP contribution is -2.42. The van der Waals surface area contributed by atoms with E-state index in [1.165, 1.54) is 6.07 Å². The first-order chi connectivity index (χ1) is 15.6. The topological polar surface area (TPSA) is 81.3 Å². The van der Waals surface area contributed by atoms with Crippen LogP contribution in [-0.4, -0.2) is 52.9 Å². The number of amides is 1. The van der Waals surface area contributed by atoms with Crippen molar-refractivity contribution in [1.29, 1.82) is 0 Å². The summed E-state index contributed by atoms with van der Waals surface area (Å²) in [5.41, 5.74) is 1.98. The Hall–Kier alpha value is -2.68. The zero-order valence-electron chi connectivity index (χ0n) is 18.5.